The third kappa shape index (κ3) is 4.82. The molecule has 0 radical (unpaired) electrons. The minimum Gasteiger partial charge on any atom is -0.494 e. The van der Waals surface area contributed by atoms with Crippen LogP contribution in [0.4, 0.5) is 0 Å². The Morgan fingerprint density at radius 2 is 2.11 bits per heavy atom. The Balaban J connectivity index is 1.74. The van der Waals surface area contributed by atoms with Gasteiger partial charge in [-0.3, -0.25) is 0 Å². The van der Waals surface area contributed by atoms with E-state index in [1.807, 2.05) is 11.8 Å². The van der Waals surface area contributed by atoms with E-state index >= 15 is 0 Å². The number of hydrogen-bond donors (Lipinski definition) is 1. The minimum absolute atomic E-state index is 0.732. The zero-order valence-electron chi connectivity index (χ0n) is 10.5. The lowest BCUT2D eigenvalue weighted by molar-refractivity contribution is 0.310. The molecule has 18 heavy (non-hydrogen) atoms. The quantitative estimate of drug-likeness (QED) is 0.611. The van der Waals surface area contributed by atoms with Crippen LogP contribution < -0.4 is 10.1 Å². The lowest BCUT2D eigenvalue weighted by Crippen LogP contribution is -2.14. The third-order valence-electron chi connectivity index (χ3n) is 2.98. The van der Waals surface area contributed by atoms with Crippen molar-refractivity contribution in [3.8, 4) is 5.75 Å². The monoisotopic (exact) mass is 329 g/mol. The van der Waals surface area contributed by atoms with Gasteiger partial charge >= 0.3 is 0 Å². The predicted octanol–water partition coefficient (Wildman–Crippen LogP) is 3.45. The molecule has 0 bridgehead atoms. The topological polar surface area (TPSA) is 21.3 Å². The summed E-state index contributed by atoms with van der Waals surface area (Å²) in [6.07, 6.45) is 3.43. The Morgan fingerprint density at radius 1 is 1.28 bits per heavy atom. The first-order valence-corrected chi connectivity index (χ1v) is 8.65. The van der Waals surface area contributed by atoms with Gasteiger partial charge in [0.2, 0.25) is 0 Å². The summed E-state index contributed by atoms with van der Waals surface area (Å²) >= 11 is 5.44. The van der Waals surface area contributed by atoms with E-state index in [0.29, 0.717) is 0 Å². The van der Waals surface area contributed by atoms with Crippen molar-refractivity contribution in [1.29, 1.82) is 0 Å². The lowest BCUT2D eigenvalue weighted by Gasteiger charge is -2.09. The number of unbranched alkanes of at least 4 members (excludes halogenated alkanes) is 1. The van der Waals surface area contributed by atoms with Crippen molar-refractivity contribution in [2.45, 2.75) is 24.5 Å². The maximum atomic E-state index is 5.69. The maximum Gasteiger partial charge on any atom is 0.119 e. The third-order valence-corrected chi connectivity index (χ3v) is 4.71. The van der Waals surface area contributed by atoms with Crippen molar-refractivity contribution in [2.24, 2.45) is 0 Å². The summed E-state index contributed by atoms with van der Waals surface area (Å²) < 4.78 is 5.69. The average Bonchev–Trinajstić information content (AvgIpc) is 2.89. The van der Waals surface area contributed by atoms with E-state index < -0.39 is 0 Å². The molecule has 1 heterocycles. The number of nitrogens with one attached hydrogen (secondary N) is 1. The van der Waals surface area contributed by atoms with Gasteiger partial charge in [-0.05, 0) is 37.0 Å². The van der Waals surface area contributed by atoms with Crippen molar-refractivity contribution in [3.05, 3.63) is 29.8 Å². The van der Waals surface area contributed by atoms with Crippen LogP contribution in [-0.2, 0) is 6.42 Å². The van der Waals surface area contributed by atoms with Crippen molar-refractivity contribution >= 4 is 27.7 Å². The predicted molar refractivity (Wildman–Crippen MR) is 82.9 cm³/mol. The summed E-state index contributed by atoms with van der Waals surface area (Å²) in [5.41, 5.74) is 1.41. The maximum absolute atomic E-state index is 5.69. The molecule has 1 unspecified atom stereocenters. The average molecular weight is 330 g/mol. The van der Waals surface area contributed by atoms with E-state index in [-0.39, 0.29) is 0 Å². The van der Waals surface area contributed by atoms with Crippen LogP contribution >= 0.6 is 27.7 Å². The van der Waals surface area contributed by atoms with E-state index in [9.17, 15) is 0 Å². The number of hydrogen-bond acceptors (Lipinski definition) is 3. The molecule has 0 aliphatic carbocycles. The molecule has 2 rings (SSSR count). The van der Waals surface area contributed by atoms with Gasteiger partial charge in [0, 0.05) is 23.0 Å². The molecule has 100 valence electrons. The highest BCUT2D eigenvalue weighted by Crippen LogP contribution is 2.21. The van der Waals surface area contributed by atoms with E-state index in [1.54, 1.807) is 0 Å². The molecule has 0 aromatic heterocycles. The highest BCUT2D eigenvalue weighted by molar-refractivity contribution is 9.09. The fourth-order valence-corrected chi connectivity index (χ4v) is 3.37. The van der Waals surface area contributed by atoms with Gasteiger partial charge in [-0.25, -0.2) is 0 Å². The number of thioether (sulfide) groups is 1. The molecule has 2 nitrogen and oxygen atoms in total. The summed E-state index contributed by atoms with van der Waals surface area (Å²) in [6.45, 7) is 1.95. The fraction of sp³-hybridized carbons (Fsp3) is 0.571. The first-order chi connectivity index (χ1) is 8.88. The van der Waals surface area contributed by atoms with Crippen LogP contribution in [0.3, 0.4) is 0 Å². The van der Waals surface area contributed by atoms with E-state index in [2.05, 4.69) is 45.5 Å². The molecule has 0 saturated carbocycles. The summed E-state index contributed by atoms with van der Waals surface area (Å²) in [5, 5.41) is 5.17. The Kier molecular flexibility index (Phi) is 6.38. The summed E-state index contributed by atoms with van der Waals surface area (Å²) in [5.74, 6) is 2.09. The Hall–Kier alpha value is -0.190. The SMILES string of the molecule is BrCCCCOc1ccc(CC2CNCS2)cc1. The summed E-state index contributed by atoms with van der Waals surface area (Å²) in [7, 11) is 0. The zero-order chi connectivity index (χ0) is 12.6. The molecule has 1 N–H and O–H groups in total. The first-order valence-electron chi connectivity index (χ1n) is 6.48. The first kappa shape index (κ1) is 14.2. The fourth-order valence-electron chi connectivity index (χ4n) is 1.96. The lowest BCUT2D eigenvalue weighted by atomic mass is 10.1. The highest BCUT2D eigenvalue weighted by Gasteiger charge is 2.15. The molecule has 1 saturated heterocycles. The second kappa shape index (κ2) is 8.08. The Bertz CT molecular complexity index is 338. The van der Waals surface area contributed by atoms with Crippen molar-refractivity contribution in [2.75, 3.05) is 24.4 Å². The summed E-state index contributed by atoms with van der Waals surface area (Å²) in [4.78, 5) is 0. The van der Waals surface area contributed by atoms with Gasteiger partial charge in [0.05, 0.1) is 6.61 Å². The molecule has 1 fully saturated rings. The molecule has 1 aromatic rings. The minimum atomic E-state index is 0.732. The van der Waals surface area contributed by atoms with Crippen LogP contribution in [0.1, 0.15) is 18.4 Å². The van der Waals surface area contributed by atoms with Crippen LogP contribution in [0, 0.1) is 0 Å². The Morgan fingerprint density at radius 3 is 2.78 bits per heavy atom. The van der Waals surface area contributed by atoms with E-state index in [1.165, 1.54) is 12.0 Å². The zero-order valence-corrected chi connectivity index (χ0v) is 12.9. The van der Waals surface area contributed by atoms with Gasteiger partial charge < -0.3 is 10.1 Å². The smallest absolute Gasteiger partial charge is 0.119 e. The number of rotatable bonds is 7. The molecule has 0 amide bonds. The molecule has 1 aromatic carbocycles. The van der Waals surface area contributed by atoms with Crippen LogP contribution in [0.2, 0.25) is 0 Å². The molecular weight excluding hydrogens is 310 g/mol. The Labute approximate surface area is 122 Å². The number of ether oxygens (including phenoxy) is 1. The summed E-state index contributed by atoms with van der Waals surface area (Å²) in [6, 6.07) is 8.57. The van der Waals surface area contributed by atoms with Crippen LogP contribution in [0.5, 0.6) is 5.75 Å². The van der Waals surface area contributed by atoms with Crippen LogP contribution in [0.25, 0.3) is 0 Å². The number of halogens is 1. The molecule has 1 aliphatic rings. The van der Waals surface area contributed by atoms with Crippen molar-refractivity contribution in [1.82, 2.24) is 5.32 Å². The standard InChI is InChI=1S/C14H20BrNOS/c15-7-1-2-8-17-13-5-3-12(4-6-13)9-14-10-16-11-18-14/h3-6,14,16H,1-2,7-11H2. The second-order valence-electron chi connectivity index (χ2n) is 4.48. The van der Waals surface area contributed by atoms with Crippen molar-refractivity contribution in [3.63, 3.8) is 0 Å². The van der Waals surface area contributed by atoms with Crippen LogP contribution in [-0.4, -0.2) is 29.6 Å². The van der Waals surface area contributed by atoms with E-state index in [4.69, 9.17) is 4.74 Å². The number of benzene rings is 1. The van der Waals surface area contributed by atoms with E-state index in [0.717, 1.165) is 48.2 Å². The second-order valence-corrected chi connectivity index (χ2v) is 6.56. The molecule has 1 aliphatic heterocycles. The molecule has 1 atom stereocenters. The largest absolute Gasteiger partial charge is 0.494 e. The van der Waals surface area contributed by atoms with Gasteiger partial charge in [0.1, 0.15) is 5.75 Å². The van der Waals surface area contributed by atoms with Gasteiger partial charge in [0.25, 0.3) is 0 Å². The normalized spacial score (nSPS) is 19.1. The molecule has 0 spiro atoms. The number of alkyl halides is 1. The van der Waals surface area contributed by atoms with Gasteiger partial charge in [0.15, 0.2) is 0 Å². The van der Waals surface area contributed by atoms with Crippen molar-refractivity contribution < 1.29 is 4.74 Å². The molecule has 4 heteroatoms. The van der Waals surface area contributed by atoms with Gasteiger partial charge in [-0.1, -0.05) is 28.1 Å². The van der Waals surface area contributed by atoms with Gasteiger partial charge in [-0.2, -0.15) is 0 Å². The van der Waals surface area contributed by atoms with Gasteiger partial charge in [-0.15, -0.1) is 11.8 Å². The highest BCUT2D eigenvalue weighted by atomic mass is 79.9. The van der Waals surface area contributed by atoms with Crippen LogP contribution in [0.15, 0.2) is 24.3 Å². The molecular formula is C14H20BrNOS.